The SMILES string of the molecule is Cc1cc(-c2nc(C(C)N)cs2)ccc1Br. The normalized spacial score (nSPS) is 12.8. The van der Waals surface area contributed by atoms with Crippen LogP contribution in [-0.4, -0.2) is 4.98 Å². The molecule has 0 aliphatic heterocycles. The van der Waals surface area contributed by atoms with Crippen molar-refractivity contribution in [3.63, 3.8) is 0 Å². The van der Waals surface area contributed by atoms with Crippen molar-refractivity contribution in [1.82, 2.24) is 4.98 Å². The van der Waals surface area contributed by atoms with Crippen LogP contribution in [0.5, 0.6) is 0 Å². The maximum Gasteiger partial charge on any atom is 0.123 e. The van der Waals surface area contributed by atoms with Crippen LogP contribution in [0.25, 0.3) is 10.6 Å². The summed E-state index contributed by atoms with van der Waals surface area (Å²) in [5.41, 5.74) is 9.12. The van der Waals surface area contributed by atoms with Crippen molar-refractivity contribution in [3.8, 4) is 10.6 Å². The van der Waals surface area contributed by atoms with E-state index in [4.69, 9.17) is 5.73 Å². The van der Waals surface area contributed by atoms with Gasteiger partial charge in [0, 0.05) is 21.5 Å². The number of aryl methyl sites for hydroxylation is 1. The Morgan fingerprint density at radius 2 is 2.19 bits per heavy atom. The van der Waals surface area contributed by atoms with E-state index in [1.165, 1.54) is 5.56 Å². The third kappa shape index (κ3) is 2.34. The molecule has 0 bridgehead atoms. The Bertz CT molecular complexity index is 505. The molecule has 1 heterocycles. The Morgan fingerprint density at radius 1 is 1.44 bits per heavy atom. The molecule has 2 N–H and O–H groups in total. The van der Waals surface area contributed by atoms with E-state index in [0.717, 1.165) is 20.7 Å². The first kappa shape index (κ1) is 11.8. The van der Waals surface area contributed by atoms with Crippen molar-refractivity contribution < 1.29 is 0 Å². The molecule has 0 aliphatic carbocycles. The van der Waals surface area contributed by atoms with Crippen molar-refractivity contribution >= 4 is 27.3 Å². The maximum atomic E-state index is 5.80. The number of nitrogens with two attached hydrogens (primary N) is 1. The van der Waals surface area contributed by atoms with E-state index < -0.39 is 0 Å². The first-order chi connectivity index (χ1) is 7.58. The van der Waals surface area contributed by atoms with Crippen LogP contribution in [0.4, 0.5) is 0 Å². The average molecular weight is 297 g/mol. The lowest BCUT2D eigenvalue weighted by atomic mass is 10.1. The van der Waals surface area contributed by atoms with Gasteiger partial charge in [-0.15, -0.1) is 11.3 Å². The van der Waals surface area contributed by atoms with Crippen molar-refractivity contribution in [2.45, 2.75) is 19.9 Å². The Labute approximate surface area is 108 Å². The van der Waals surface area contributed by atoms with E-state index in [2.05, 4.69) is 46.0 Å². The van der Waals surface area contributed by atoms with Gasteiger partial charge in [-0.25, -0.2) is 4.98 Å². The van der Waals surface area contributed by atoms with Crippen LogP contribution >= 0.6 is 27.3 Å². The molecule has 4 heteroatoms. The minimum atomic E-state index is 0.00143. The van der Waals surface area contributed by atoms with Gasteiger partial charge in [-0.3, -0.25) is 0 Å². The van der Waals surface area contributed by atoms with E-state index in [9.17, 15) is 0 Å². The Hall–Kier alpha value is -0.710. The molecular weight excluding hydrogens is 284 g/mol. The quantitative estimate of drug-likeness (QED) is 0.913. The molecule has 1 unspecified atom stereocenters. The van der Waals surface area contributed by atoms with E-state index in [1.54, 1.807) is 11.3 Å². The fraction of sp³-hybridized carbons (Fsp3) is 0.250. The fourth-order valence-electron chi connectivity index (χ4n) is 1.41. The molecule has 16 heavy (non-hydrogen) atoms. The molecule has 1 atom stereocenters. The van der Waals surface area contributed by atoms with E-state index >= 15 is 0 Å². The first-order valence-electron chi connectivity index (χ1n) is 5.05. The molecule has 0 saturated heterocycles. The minimum Gasteiger partial charge on any atom is -0.323 e. The van der Waals surface area contributed by atoms with Crippen LogP contribution in [0.3, 0.4) is 0 Å². The summed E-state index contributed by atoms with van der Waals surface area (Å²) in [6.45, 7) is 4.03. The number of rotatable bonds is 2. The summed E-state index contributed by atoms with van der Waals surface area (Å²) in [5.74, 6) is 0. The summed E-state index contributed by atoms with van der Waals surface area (Å²) in [5, 5.41) is 3.06. The molecule has 84 valence electrons. The van der Waals surface area contributed by atoms with Gasteiger partial charge in [-0.1, -0.05) is 22.0 Å². The molecule has 1 aromatic carbocycles. The van der Waals surface area contributed by atoms with Gasteiger partial charge in [0.1, 0.15) is 5.01 Å². The summed E-state index contributed by atoms with van der Waals surface area (Å²) in [4.78, 5) is 4.53. The topological polar surface area (TPSA) is 38.9 Å². The summed E-state index contributed by atoms with van der Waals surface area (Å²) in [6, 6.07) is 6.26. The van der Waals surface area contributed by atoms with Gasteiger partial charge in [0.25, 0.3) is 0 Å². The van der Waals surface area contributed by atoms with Crippen molar-refractivity contribution in [2.24, 2.45) is 5.73 Å². The van der Waals surface area contributed by atoms with Crippen LogP contribution < -0.4 is 5.73 Å². The number of benzene rings is 1. The first-order valence-corrected chi connectivity index (χ1v) is 6.72. The standard InChI is InChI=1S/C12H13BrN2S/c1-7-5-9(3-4-10(7)13)12-15-11(6-16-12)8(2)14/h3-6,8H,14H2,1-2H3. The number of hydrogen-bond acceptors (Lipinski definition) is 3. The molecule has 1 aromatic heterocycles. The Balaban J connectivity index is 2.39. The van der Waals surface area contributed by atoms with Crippen LogP contribution in [0.1, 0.15) is 24.2 Å². The molecule has 0 saturated carbocycles. The van der Waals surface area contributed by atoms with Gasteiger partial charge >= 0.3 is 0 Å². The van der Waals surface area contributed by atoms with Gasteiger partial charge in [-0.05, 0) is 31.5 Å². The van der Waals surface area contributed by atoms with Gasteiger partial charge in [0.05, 0.1) is 5.69 Å². The molecule has 0 aliphatic rings. The van der Waals surface area contributed by atoms with Gasteiger partial charge in [0.15, 0.2) is 0 Å². The highest BCUT2D eigenvalue weighted by atomic mass is 79.9. The summed E-state index contributed by atoms with van der Waals surface area (Å²) >= 11 is 5.13. The maximum absolute atomic E-state index is 5.80. The van der Waals surface area contributed by atoms with Crippen molar-refractivity contribution in [3.05, 3.63) is 39.3 Å². The predicted octanol–water partition coefficient (Wildman–Crippen LogP) is 3.90. The highest BCUT2D eigenvalue weighted by Gasteiger charge is 2.08. The summed E-state index contributed by atoms with van der Waals surface area (Å²) in [7, 11) is 0. The number of hydrogen-bond donors (Lipinski definition) is 1. The smallest absolute Gasteiger partial charge is 0.123 e. The average Bonchev–Trinajstić information content (AvgIpc) is 2.71. The molecule has 0 radical (unpaired) electrons. The van der Waals surface area contributed by atoms with Crippen LogP contribution in [0.2, 0.25) is 0 Å². The third-order valence-corrected chi connectivity index (χ3v) is 4.19. The second-order valence-electron chi connectivity index (χ2n) is 3.83. The van der Waals surface area contributed by atoms with Crippen molar-refractivity contribution in [2.75, 3.05) is 0 Å². The molecule has 0 spiro atoms. The van der Waals surface area contributed by atoms with Crippen molar-refractivity contribution in [1.29, 1.82) is 0 Å². The molecule has 0 fully saturated rings. The monoisotopic (exact) mass is 296 g/mol. The Morgan fingerprint density at radius 3 is 2.75 bits per heavy atom. The largest absolute Gasteiger partial charge is 0.323 e. The summed E-state index contributed by atoms with van der Waals surface area (Å²) < 4.78 is 1.13. The van der Waals surface area contributed by atoms with Gasteiger partial charge < -0.3 is 5.73 Å². The van der Waals surface area contributed by atoms with Gasteiger partial charge in [0.2, 0.25) is 0 Å². The molecule has 2 aromatic rings. The lowest BCUT2D eigenvalue weighted by Gasteiger charge is -2.01. The van der Waals surface area contributed by atoms with E-state index in [0.29, 0.717) is 0 Å². The molecule has 0 amide bonds. The predicted molar refractivity (Wildman–Crippen MR) is 72.6 cm³/mol. The number of aromatic nitrogens is 1. The molecular formula is C12H13BrN2S. The van der Waals surface area contributed by atoms with Gasteiger partial charge in [-0.2, -0.15) is 0 Å². The summed E-state index contributed by atoms with van der Waals surface area (Å²) in [6.07, 6.45) is 0. The number of nitrogens with zero attached hydrogens (tertiary/aromatic N) is 1. The zero-order valence-electron chi connectivity index (χ0n) is 9.20. The lowest BCUT2D eigenvalue weighted by molar-refractivity contribution is 0.790. The molecule has 2 rings (SSSR count). The second-order valence-corrected chi connectivity index (χ2v) is 5.54. The minimum absolute atomic E-state index is 0.00143. The van der Waals surface area contributed by atoms with E-state index in [1.807, 2.05) is 12.3 Å². The highest BCUT2D eigenvalue weighted by molar-refractivity contribution is 9.10. The Kier molecular flexibility index (Phi) is 3.42. The fourth-order valence-corrected chi connectivity index (χ4v) is 2.57. The van der Waals surface area contributed by atoms with Crippen LogP contribution in [0.15, 0.2) is 28.1 Å². The zero-order chi connectivity index (χ0) is 11.7. The van der Waals surface area contributed by atoms with Crippen LogP contribution in [0, 0.1) is 6.92 Å². The number of thiazole rings is 1. The number of halogens is 1. The zero-order valence-corrected chi connectivity index (χ0v) is 11.6. The second kappa shape index (κ2) is 4.65. The van der Waals surface area contributed by atoms with Crippen LogP contribution in [-0.2, 0) is 0 Å². The lowest BCUT2D eigenvalue weighted by Crippen LogP contribution is -2.04. The highest BCUT2D eigenvalue weighted by Crippen LogP contribution is 2.28. The van der Waals surface area contributed by atoms with E-state index in [-0.39, 0.29) is 6.04 Å². The molecule has 2 nitrogen and oxygen atoms in total. The third-order valence-electron chi connectivity index (χ3n) is 2.39.